The maximum atomic E-state index is 12.7. The lowest BCUT2D eigenvalue weighted by atomic mass is 9.75. The van der Waals surface area contributed by atoms with E-state index in [2.05, 4.69) is 14.6 Å². The van der Waals surface area contributed by atoms with Crippen LogP contribution in [-0.2, 0) is 10.0 Å². The quantitative estimate of drug-likeness (QED) is 0.885. The fourth-order valence-electron chi connectivity index (χ4n) is 4.37. The zero-order valence-electron chi connectivity index (χ0n) is 14.8. The van der Waals surface area contributed by atoms with Crippen LogP contribution < -0.4 is 9.62 Å². The van der Waals surface area contributed by atoms with Crippen molar-refractivity contribution in [1.29, 1.82) is 0 Å². The number of rotatable bonds is 4. The van der Waals surface area contributed by atoms with Crippen LogP contribution in [0.1, 0.15) is 32.1 Å². The third-order valence-corrected chi connectivity index (χ3v) is 7.08. The number of para-hydroxylation sites is 2. The number of piperidine rings is 1. The van der Waals surface area contributed by atoms with E-state index in [0.29, 0.717) is 5.69 Å². The molecule has 2 aromatic rings. The minimum atomic E-state index is -3.64. The third-order valence-electron chi connectivity index (χ3n) is 5.72. The first-order valence-corrected chi connectivity index (χ1v) is 10.9. The molecule has 26 heavy (non-hydrogen) atoms. The van der Waals surface area contributed by atoms with Gasteiger partial charge in [-0.2, -0.15) is 0 Å². The maximum Gasteiger partial charge on any atom is 0.263 e. The van der Waals surface area contributed by atoms with E-state index in [1.165, 1.54) is 38.3 Å². The SMILES string of the molecule is O=S(=O)(Nc1ccccc1N1CCC2CCCCC2C1)c1cccnc1. The van der Waals surface area contributed by atoms with Gasteiger partial charge < -0.3 is 4.90 Å². The number of anilines is 2. The van der Waals surface area contributed by atoms with Gasteiger partial charge in [-0.25, -0.2) is 8.42 Å². The predicted molar refractivity (Wildman–Crippen MR) is 104 cm³/mol. The molecule has 0 amide bonds. The van der Waals surface area contributed by atoms with Crippen LogP contribution in [-0.4, -0.2) is 26.5 Å². The van der Waals surface area contributed by atoms with Gasteiger partial charge in [0.15, 0.2) is 0 Å². The largest absolute Gasteiger partial charge is 0.370 e. The summed E-state index contributed by atoms with van der Waals surface area (Å²) in [7, 11) is -3.64. The van der Waals surface area contributed by atoms with Gasteiger partial charge >= 0.3 is 0 Å². The number of sulfonamides is 1. The van der Waals surface area contributed by atoms with E-state index in [1.807, 2.05) is 24.3 Å². The van der Waals surface area contributed by atoms with Crippen LogP contribution in [0.15, 0.2) is 53.7 Å². The van der Waals surface area contributed by atoms with E-state index in [-0.39, 0.29) is 4.90 Å². The van der Waals surface area contributed by atoms with E-state index < -0.39 is 10.0 Å². The van der Waals surface area contributed by atoms with Crippen molar-refractivity contribution in [3.63, 3.8) is 0 Å². The zero-order chi connectivity index (χ0) is 18.0. The van der Waals surface area contributed by atoms with E-state index in [0.717, 1.165) is 30.6 Å². The number of nitrogens with one attached hydrogen (secondary N) is 1. The second kappa shape index (κ2) is 7.27. The standard InChI is InChI=1S/C20H25N3O2S/c24-26(25,18-8-5-12-21-14-18)22-19-9-3-4-10-20(19)23-13-11-16-6-1-2-7-17(16)15-23/h3-5,8-10,12,14,16-17,22H,1-2,6-7,11,13,15H2. The van der Waals surface area contributed by atoms with Crippen molar-refractivity contribution in [2.75, 3.05) is 22.7 Å². The van der Waals surface area contributed by atoms with Gasteiger partial charge in [-0.15, -0.1) is 0 Å². The van der Waals surface area contributed by atoms with Gasteiger partial charge in [0.1, 0.15) is 4.90 Å². The minimum absolute atomic E-state index is 0.181. The number of hydrogen-bond donors (Lipinski definition) is 1. The molecular formula is C20H25N3O2S. The summed E-state index contributed by atoms with van der Waals surface area (Å²) >= 11 is 0. The minimum Gasteiger partial charge on any atom is -0.370 e. The van der Waals surface area contributed by atoms with Crippen LogP contribution >= 0.6 is 0 Å². The van der Waals surface area contributed by atoms with Crippen LogP contribution in [0.4, 0.5) is 11.4 Å². The lowest BCUT2D eigenvalue weighted by molar-refractivity contribution is 0.202. The second-order valence-corrected chi connectivity index (χ2v) is 9.03. The average Bonchev–Trinajstić information content (AvgIpc) is 2.68. The molecule has 1 aromatic heterocycles. The highest BCUT2D eigenvalue weighted by Crippen LogP contribution is 2.39. The predicted octanol–water partition coefficient (Wildman–Crippen LogP) is 3.90. The highest BCUT2D eigenvalue weighted by Gasteiger charge is 2.32. The number of pyridine rings is 1. The summed E-state index contributed by atoms with van der Waals surface area (Å²) in [5, 5.41) is 0. The first-order chi connectivity index (χ1) is 12.6. The van der Waals surface area contributed by atoms with Crippen molar-refractivity contribution in [3.05, 3.63) is 48.8 Å². The molecule has 138 valence electrons. The topological polar surface area (TPSA) is 62.3 Å². The van der Waals surface area contributed by atoms with Crippen molar-refractivity contribution in [1.82, 2.24) is 4.98 Å². The van der Waals surface area contributed by atoms with Crippen LogP contribution in [0, 0.1) is 11.8 Å². The molecule has 1 aliphatic carbocycles. The van der Waals surface area contributed by atoms with Crippen molar-refractivity contribution >= 4 is 21.4 Å². The van der Waals surface area contributed by atoms with Gasteiger partial charge in [0.25, 0.3) is 10.0 Å². The summed E-state index contributed by atoms with van der Waals surface area (Å²) in [5.41, 5.74) is 1.62. The zero-order valence-corrected chi connectivity index (χ0v) is 15.7. The van der Waals surface area contributed by atoms with E-state index >= 15 is 0 Å². The molecule has 1 saturated heterocycles. The molecule has 0 spiro atoms. The van der Waals surface area contributed by atoms with E-state index in [1.54, 1.807) is 18.3 Å². The van der Waals surface area contributed by atoms with Gasteiger partial charge in [-0.3, -0.25) is 9.71 Å². The lowest BCUT2D eigenvalue weighted by Crippen LogP contribution is -2.42. The molecule has 0 bridgehead atoms. The average molecular weight is 372 g/mol. The van der Waals surface area contributed by atoms with E-state index in [9.17, 15) is 8.42 Å². The third kappa shape index (κ3) is 3.56. The highest BCUT2D eigenvalue weighted by atomic mass is 32.2. The molecule has 1 aliphatic heterocycles. The summed E-state index contributed by atoms with van der Waals surface area (Å²) in [6.45, 7) is 2.02. The Morgan fingerprint density at radius 1 is 1.00 bits per heavy atom. The van der Waals surface area contributed by atoms with Crippen LogP contribution in [0.5, 0.6) is 0 Å². The fraction of sp³-hybridized carbons (Fsp3) is 0.450. The molecule has 2 heterocycles. The first-order valence-electron chi connectivity index (χ1n) is 9.40. The number of fused-ring (bicyclic) bond motifs is 1. The Kier molecular flexibility index (Phi) is 4.85. The van der Waals surface area contributed by atoms with Crippen molar-refractivity contribution in [2.24, 2.45) is 11.8 Å². The molecule has 2 unspecified atom stereocenters. The number of aromatic nitrogens is 1. The Morgan fingerprint density at radius 3 is 2.62 bits per heavy atom. The summed E-state index contributed by atoms with van der Waals surface area (Å²) in [6, 6.07) is 10.9. The molecule has 2 atom stereocenters. The normalized spacial score (nSPS) is 23.3. The Morgan fingerprint density at radius 2 is 1.81 bits per heavy atom. The van der Waals surface area contributed by atoms with Gasteiger partial charge in [0, 0.05) is 25.5 Å². The van der Waals surface area contributed by atoms with Crippen LogP contribution in [0.25, 0.3) is 0 Å². The van der Waals surface area contributed by atoms with Gasteiger partial charge in [0.05, 0.1) is 11.4 Å². The Labute approximate surface area is 155 Å². The smallest absolute Gasteiger partial charge is 0.263 e. The van der Waals surface area contributed by atoms with Crippen molar-refractivity contribution in [2.45, 2.75) is 37.0 Å². The Balaban J connectivity index is 1.57. The van der Waals surface area contributed by atoms with Crippen LogP contribution in [0.2, 0.25) is 0 Å². The maximum absolute atomic E-state index is 12.7. The number of nitrogens with zero attached hydrogens (tertiary/aromatic N) is 2. The van der Waals surface area contributed by atoms with Gasteiger partial charge in [-0.1, -0.05) is 31.4 Å². The molecule has 4 rings (SSSR count). The summed E-state index contributed by atoms with van der Waals surface area (Å²) in [6.07, 6.45) is 9.49. The lowest BCUT2D eigenvalue weighted by Gasteiger charge is -2.42. The van der Waals surface area contributed by atoms with E-state index in [4.69, 9.17) is 0 Å². The van der Waals surface area contributed by atoms with Crippen LogP contribution in [0.3, 0.4) is 0 Å². The number of benzene rings is 1. The summed E-state index contributed by atoms with van der Waals surface area (Å²) in [4.78, 5) is 6.46. The van der Waals surface area contributed by atoms with Crippen molar-refractivity contribution < 1.29 is 8.42 Å². The molecule has 2 aliphatic rings. The first kappa shape index (κ1) is 17.3. The molecule has 1 N–H and O–H groups in total. The molecule has 2 fully saturated rings. The molecule has 5 nitrogen and oxygen atoms in total. The molecule has 6 heteroatoms. The Hall–Kier alpha value is -2.08. The van der Waals surface area contributed by atoms with Gasteiger partial charge in [-0.05, 0) is 48.9 Å². The summed E-state index contributed by atoms with van der Waals surface area (Å²) < 4.78 is 28.2. The van der Waals surface area contributed by atoms with Crippen molar-refractivity contribution in [3.8, 4) is 0 Å². The molecular weight excluding hydrogens is 346 g/mol. The molecule has 1 saturated carbocycles. The summed E-state index contributed by atoms with van der Waals surface area (Å²) in [5.74, 6) is 1.58. The fourth-order valence-corrected chi connectivity index (χ4v) is 5.40. The Bertz CT molecular complexity index is 854. The molecule has 0 radical (unpaired) electrons. The highest BCUT2D eigenvalue weighted by molar-refractivity contribution is 7.92. The second-order valence-electron chi connectivity index (χ2n) is 7.35. The number of hydrogen-bond acceptors (Lipinski definition) is 4. The molecule has 1 aromatic carbocycles. The monoisotopic (exact) mass is 371 g/mol. The van der Waals surface area contributed by atoms with Gasteiger partial charge in [0.2, 0.25) is 0 Å².